The van der Waals surface area contributed by atoms with Crippen LogP contribution in [0.1, 0.15) is 28.9 Å². The van der Waals surface area contributed by atoms with Gasteiger partial charge in [-0.05, 0) is 48.1 Å². The van der Waals surface area contributed by atoms with Crippen LogP contribution in [0, 0.1) is 0 Å². The van der Waals surface area contributed by atoms with Crippen LogP contribution in [-0.2, 0) is 25.9 Å². The summed E-state index contributed by atoms with van der Waals surface area (Å²) in [5.41, 5.74) is 11.2. The highest BCUT2D eigenvalue weighted by Crippen LogP contribution is 2.24. The third-order valence-corrected chi connectivity index (χ3v) is 4.76. The first-order chi connectivity index (χ1) is 12.8. The molecule has 0 saturated carbocycles. The molecule has 4 rings (SSSR count). The van der Waals surface area contributed by atoms with Gasteiger partial charge in [-0.15, -0.1) is 0 Å². The topological polar surface area (TPSA) is 68.2 Å². The molecule has 0 fully saturated rings. The number of nitrogens with one attached hydrogen (secondary N) is 1. The number of hydrogen-bond acceptors (Lipinski definition) is 2. The van der Waals surface area contributed by atoms with E-state index in [0.29, 0.717) is 12.5 Å². The Labute approximate surface area is 153 Å². The summed E-state index contributed by atoms with van der Waals surface area (Å²) in [5.74, 6) is 1.31. The number of rotatable bonds is 5. The van der Waals surface area contributed by atoms with E-state index in [2.05, 4.69) is 50.2 Å². The lowest BCUT2D eigenvalue weighted by Crippen LogP contribution is -2.23. The molecule has 26 heavy (non-hydrogen) atoms. The molecule has 5 heteroatoms. The second kappa shape index (κ2) is 7.44. The Hall–Kier alpha value is -3.08. The molecule has 0 aliphatic heterocycles. The van der Waals surface area contributed by atoms with Crippen LogP contribution in [-0.4, -0.2) is 15.5 Å². The summed E-state index contributed by atoms with van der Waals surface area (Å²) in [6.07, 6.45) is 7.36. The minimum absolute atomic E-state index is 0.414. The van der Waals surface area contributed by atoms with Gasteiger partial charge in [0, 0.05) is 24.6 Å². The van der Waals surface area contributed by atoms with Crippen molar-refractivity contribution in [2.75, 3.05) is 5.32 Å². The van der Waals surface area contributed by atoms with E-state index in [1.165, 1.54) is 29.5 Å². The zero-order chi connectivity index (χ0) is 17.8. The molecule has 3 aromatic rings. The average molecular weight is 345 g/mol. The van der Waals surface area contributed by atoms with E-state index in [0.717, 1.165) is 24.5 Å². The van der Waals surface area contributed by atoms with Gasteiger partial charge >= 0.3 is 0 Å². The lowest BCUT2D eigenvalue weighted by molar-refractivity contribution is 0.724. The molecule has 1 aliphatic rings. The second-order valence-electron chi connectivity index (χ2n) is 6.62. The third kappa shape index (κ3) is 3.77. The Morgan fingerprint density at radius 1 is 1.12 bits per heavy atom. The van der Waals surface area contributed by atoms with Gasteiger partial charge in [0.15, 0.2) is 5.96 Å². The highest BCUT2D eigenvalue weighted by molar-refractivity contribution is 5.92. The predicted octanol–water partition coefficient (Wildman–Crippen LogP) is 3.35. The summed E-state index contributed by atoms with van der Waals surface area (Å²) >= 11 is 0. The number of guanidine groups is 1. The van der Waals surface area contributed by atoms with E-state index in [9.17, 15) is 0 Å². The highest BCUT2D eigenvalue weighted by atomic mass is 15.1. The van der Waals surface area contributed by atoms with Crippen LogP contribution in [0.5, 0.6) is 0 Å². The first-order valence-corrected chi connectivity index (χ1v) is 9.00. The van der Waals surface area contributed by atoms with Crippen LogP contribution >= 0.6 is 0 Å². The van der Waals surface area contributed by atoms with Gasteiger partial charge in [-0.1, -0.05) is 36.4 Å². The van der Waals surface area contributed by atoms with Crippen LogP contribution in [0.3, 0.4) is 0 Å². The maximum Gasteiger partial charge on any atom is 0.193 e. The predicted molar refractivity (Wildman–Crippen MR) is 105 cm³/mol. The Bertz CT molecular complexity index is 911. The number of fused-ring (bicyclic) bond motifs is 1. The molecule has 5 nitrogen and oxygen atoms in total. The van der Waals surface area contributed by atoms with Gasteiger partial charge in [-0.2, -0.15) is 0 Å². The largest absolute Gasteiger partial charge is 0.370 e. The molecule has 0 unspecified atom stereocenters. The smallest absolute Gasteiger partial charge is 0.193 e. The highest BCUT2D eigenvalue weighted by Gasteiger charge is 2.11. The number of anilines is 1. The van der Waals surface area contributed by atoms with E-state index in [1.807, 2.05) is 24.4 Å². The van der Waals surface area contributed by atoms with Gasteiger partial charge in [0.2, 0.25) is 0 Å². The number of aromatic nitrogens is 2. The maximum absolute atomic E-state index is 6.07. The van der Waals surface area contributed by atoms with Crippen molar-refractivity contribution in [3.63, 3.8) is 0 Å². The van der Waals surface area contributed by atoms with Crippen molar-refractivity contribution in [3.05, 3.63) is 83.4 Å². The molecule has 132 valence electrons. The van der Waals surface area contributed by atoms with E-state index < -0.39 is 0 Å². The minimum atomic E-state index is 0.414. The number of nitrogens with zero attached hydrogens (tertiary/aromatic N) is 3. The van der Waals surface area contributed by atoms with Gasteiger partial charge < -0.3 is 15.6 Å². The van der Waals surface area contributed by atoms with Crippen molar-refractivity contribution in [3.8, 4) is 0 Å². The molecule has 0 radical (unpaired) electrons. The Balaban J connectivity index is 1.41. The number of benzene rings is 2. The van der Waals surface area contributed by atoms with Crippen LogP contribution in [0.4, 0.5) is 5.69 Å². The van der Waals surface area contributed by atoms with Gasteiger partial charge in [-0.25, -0.2) is 9.98 Å². The summed E-state index contributed by atoms with van der Waals surface area (Å²) < 4.78 is 2.10. The Morgan fingerprint density at radius 2 is 1.96 bits per heavy atom. The van der Waals surface area contributed by atoms with Crippen LogP contribution in [0.25, 0.3) is 0 Å². The van der Waals surface area contributed by atoms with Crippen LogP contribution in [0.2, 0.25) is 0 Å². The quantitative estimate of drug-likeness (QED) is 0.550. The first kappa shape index (κ1) is 16.4. The lowest BCUT2D eigenvalue weighted by atomic mass is 10.1. The average Bonchev–Trinajstić information content (AvgIpc) is 3.29. The number of imidazole rings is 1. The van der Waals surface area contributed by atoms with Crippen LogP contribution in [0.15, 0.2) is 65.9 Å². The standard InChI is InChI=1S/C21H23N5/c22-21(25-19-10-9-17-7-4-8-18(17)13-19)24-14-20-23-11-12-26(20)15-16-5-2-1-3-6-16/h1-3,5-6,9-13H,4,7-8,14-15H2,(H3,22,24,25). The Kier molecular flexibility index (Phi) is 4.69. The van der Waals surface area contributed by atoms with Crippen molar-refractivity contribution in [2.45, 2.75) is 32.4 Å². The van der Waals surface area contributed by atoms with Crippen molar-refractivity contribution in [1.82, 2.24) is 9.55 Å². The number of aryl methyl sites for hydroxylation is 2. The van der Waals surface area contributed by atoms with E-state index in [-0.39, 0.29) is 0 Å². The SMILES string of the molecule is NC(=NCc1nccn1Cc1ccccc1)Nc1ccc2c(c1)CCC2. The number of aliphatic imine (C=N–C) groups is 1. The van der Waals surface area contributed by atoms with Gasteiger partial charge in [0.25, 0.3) is 0 Å². The lowest BCUT2D eigenvalue weighted by Gasteiger charge is -2.09. The van der Waals surface area contributed by atoms with Gasteiger partial charge in [0.1, 0.15) is 12.4 Å². The molecule has 0 spiro atoms. The number of hydrogen-bond donors (Lipinski definition) is 2. The number of nitrogens with two attached hydrogens (primary N) is 1. The molecule has 0 saturated heterocycles. The normalized spacial score (nSPS) is 13.6. The molecule has 1 aliphatic carbocycles. The summed E-state index contributed by atoms with van der Waals surface area (Å²) in [6, 6.07) is 16.8. The fourth-order valence-electron chi connectivity index (χ4n) is 3.41. The van der Waals surface area contributed by atoms with Crippen molar-refractivity contribution in [1.29, 1.82) is 0 Å². The molecule has 2 aromatic carbocycles. The Morgan fingerprint density at radius 3 is 2.85 bits per heavy atom. The molecule has 1 aromatic heterocycles. The van der Waals surface area contributed by atoms with Crippen molar-refractivity contribution in [2.24, 2.45) is 10.7 Å². The summed E-state index contributed by atoms with van der Waals surface area (Å²) in [5, 5.41) is 3.19. The van der Waals surface area contributed by atoms with Gasteiger partial charge in [0.05, 0.1) is 0 Å². The molecule has 3 N–H and O–H groups in total. The molecule has 0 bridgehead atoms. The fraction of sp³-hybridized carbons (Fsp3) is 0.238. The fourth-order valence-corrected chi connectivity index (χ4v) is 3.41. The van der Waals surface area contributed by atoms with E-state index in [1.54, 1.807) is 6.20 Å². The molecular weight excluding hydrogens is 322 g/mol. The molecule has 0 atom stereocenters. The van der Waals surface area contributed by atoms with E-state index in [4.69, 9.17) is 5.73 Å². The monoisotopic (exact) mass is 345 g/mol. The van der Waals surface area contributed by atoms with E-state index >= 15 is 0 Å². The first-order valence-electron chi connectivity index (χ1n) is 9.00. The summed E-state index contributed by atoms with van der Waals surface area (Å²) in [4.78, 5) is 8.87. The minimum Gasteiger partial charge on any atom is -0.370 e. The second-order valence-corrected chi connectivity index (χ2v) is 6.62. The molecule has 1 heterocycles. The summed E-state index contributed by atoms with van der Waals surface area (Å²) in [7, 11) is 0. The van der Waals surface area contributed by atoms with Crippen molar-refractivity contribution >= 4 is 11.6 Å². The molecular formula is C21H23N5. The van der Waals surface area contributed by atoms with Crippen molar-refractivity contribution < 1.29 is 0 Å². The zero-order valence-electron chi connectivity index (χ0n) is 14.7. The zero-order valence-corrected chi connectivity index (χ0v) is 14.7. The molecule has 0 amide bonds. The summed E-state index contributed by atoms with van der Waals surface area (Å²) in [6.45, 7) is 1.23. The maximum atomic E-state index is 6.07. The third-order valence-electron chi connectivity index (χ3n) is 4.76. The van der Waals surface area contributed by atoms with Crippen LogP contribution < -0.4 is 11.1 Å². The van der Waals surface area contributed by atoms with Gasteiger partial charge in [-0.3, -0.25) is 0 Å².